The predicted molar refractivity (Wildman–Crippen MR) is 174 cm³/mol. The quantitative estimate of drug-likeness (QED) is 0.331. The van der Waals surface area contributed by atoms with Crippen molar-refractivity contribution in [3.63, 3.8) is 0 Å². The molecule has 234 valence electrons. The fraction of sp³-hybridized carbons (Fsp3) is 0.353. The second kappa shape index (κ2) is 10.8. The van der Waals surface area contributed by atoms with Gasteiger partial charge in [-0.15, -0.1) is 0 Å². The Bertz CT molecular complexity index is 2060. The number of pyridine rings is 1. The Balaban J connectivity index is 1.21. The Labute approximate surface area is 264 Å². The lowest BCUT2D eigenvalue weighted by molar-refractivity contribution is 0.0606. The number of carbonyl (C=O) groups is 2. The Morgan fingerprint density at radius 1 is 1.13 bits per heavy atom. The first-order valence-electron chi connectivity index (χ1n) is 15.6. The van der Waals surface area contributed by atoms with Crippen LogP contribution >= 0.6 is 0 Å². The third-order valence-corrected chi connectivity index (χ3v) is 9.23. The molecule has 12 heteroatoms. The van der Waals surface area contributed by atoms with Crippen molar-refractivity contribution in [1.82, 2.24) is 24.0 Å². The Hall–Kier alpha value is -4.97. The number of likely N-dealkylation sites (tertiary alicyclic amines) is 1. The van der Waals surface area contributed by atoms with Gasteiger partial charge in [-0.05, 0) is 67.2 Å². The van der Waals surface area contributed by atoms with Gasteiger partial charge in [0.05, 0.1) is 42.2 Å². The first-order chi connectivity index (χ1) is 22.2. The SMILES string of the molecule is COc1cc(C(=O)N2C[C@H](N)C[C@@H](F)C2)cc2nc(-c3cc4ccc(C5=CC6C=NC(=O)N=C6C=C5)nc4n3CC3CC3)n(C)c12. The van der Waals surface area contributed by atoms with Crippen molar-refractivity contribution in [2.24, 2.45) is 34.6 Å². The van der Waals surface area contributed by atoms with Crippen molar-refractivity contribution in [3.8, 4) is 17.3 Å². The number of nitrogens with zero attached hydrogens (tertiary/aromatic N) is 7. The maximum absolute atomic E-state index is 14.3. The van der Waals surface area contributed by atoms with E-state index in [4.69, 9.17) is 20.4 Å². The largest absolute Gasteiger partial charge is 0.494 e. The van der Waals surface area contributed by atoms with Crippen LogP contribution in [0.3, 0.4) is 0 Å². The average Bonchev–Trinajstić information content (AvgIpc) is 3.72. The van der Waals surface area contributed by atoms with E-state index in [2.05, 4.69) is 26.7 Å². The lowest BCUT2D eigenvalue weighted by Gasteiger charge is -2.33. The molecule has 3 aromatic heterocycles. The van der Waals surface area contributed by atoms with Gasteiger partial charge in [0, 0.05) is 43.3 Å². The number of aryl methyl sites for hydroxylation is 1. The number of amides is 3. The molecule has 3 amide bonds. The van der Waals surface area contributed by atoms with Crippen LogP contribution in [0.1, 0.15) is 35.3 Å². The summed E-state index contributed by atoms with van der Waals surface area (Å²) in [5.74, 6) is 1.34. The summed E-state index contributed by atoms with van der Waals surface area (Å²) in [5, 5.41) is 0.990. The summed E-state index contributed by atoms with van der Waals surface area (Å²) >= 11 is 0. The summed E-state index contributed by atoms with van der Waals surface area (Å²) in [5.41, 5.74) is 12.0. The molecule has 0 spiro atoms. The fourth-order valence-electron chi connectivity index (χ4n) is 6.76. The lowest BCUT2D eigenvalue weighted by Crippen LogP contribution is -2.50. The van der Waals surface area contributed by atoms with E-state index < -0.39 is 18.2 Å². The number of aliphatic imine (C=N–C) groups is 2. The van der Waals surface area contributed by atoms with Crippen LogP contribution < -0.4 is 10.5 Å². The molecule has 1 aromatic carbocycles. The Kier molecular flexibility index (Phi) is 6.71. The van der Waals surface area contributed by atoms with Crippen LogP contribution in [0.5, 0.6) is 5.75 Å². The molecule has 1 saturated heterocycles. The maximum atomic E-state index is 14.3. The number of imidazole rings is 1. The topological polar surface area (TPSA) is 133 Å². The molecule has 8 rings (SSSR count). The highest BCUT2D eigenvalue weighted by Gasteiger charge is 2.31. The number of ether oxygens (including phenoxy) is 1. The van der Waals surface area contributed by atoms with Crippen molar-refractivity contribution in [2.45, 2.75) is 38.0 Å². The third kappa shape index (κ3) is 4.93. The number of hydrogen-bond donors (Lipinski definition) is 1. The third-order valence-electron chi connectivity index (χ3n) is 9.23. The molecular weight excluding hydrogens is 587 g/mol. The minimum absolute atomic E-state index is 0.0198. The van der Waals surface area contributed by atoms with Gasteiger partial charge in [0.15, 0.2) is 5.82 Å². The number of halogens is 1. The molecular formula is C34H33FN8O3. The number of aromatic nitrogens is 4. The molecule has 2 fully saturated rings. The second-order valence-electron chi connectivity index (χ2n) is 12.6. The molecule has 4 aromatic rings. The molecule has 1 unspecified atom stereocenters. The molecule has 2 aliphatic carbocycles. The molecule has 3 atom stereocenters. The molecule has 2 N–H and O–H groups in total. The summed E-state index contributed by atoms with van der Waals surface area (Å²) in [6.45, 7) is 1.13. The Morgan fingerprint density at radius 3 is 2.76 bits per heavy atom. The van der Waals surface area contributed by atoms with Crippen LogP contribution in [0.2, 0.25) is 0 Å². The van der Waals surface area contributed by atoms with Gasteiger partial charge in [-0.1, -0.05) is 12.2 Å². The van der Waals surface area contributed by atoms with E-state index >= 15 is 0 Å². The van der Waals surface area contributed by atoms with Gasteiger partial charge in [-0.2, -0.15) is 4.99 Å². The zero-order valence-electron chi connectivity index (χ0n) is 25.6. The first kappa shape index (κ1) is 28.5. The van der Waals surface area contributed by atoms with Crippen molar-refractivity contribution < 1.29 is 18.7 Å². The molecule has 4 aliphatic rings. The van der Waals surface area contributed by atoms with Crippen LogP contribution in [0.15, 0.2) is 58.5 Å². The number of nitrogens with two attached hydrogens (primary N) is 1. The van der Waals surface area contributed by atoms with Gasteiger partial charge in [-0.3, -0.25) is 4.79 Å². The van der Waals surface area contributed by atoms with Crippen molar-refractivity contribution in [3.05, 3.63) is 59.8 Å². The van der Waals surface area contributed by atoms with Gasteiger partial charge >= 0.3 is 6.03 Å². The summed E-state index contributed by atoms with van der Waals surface area (Å²) in [4.78, 5) is 44.6. The fourth-order valence-corrected chi connectivity index (χ4v) is 6.76. The van der Waals surface area contributed by atoms with E-state index in [0.717, 1.165) is 58.7 Å². The minimum atomic E-state index is -1.15. The molecule has 0 radical (unpaired) electrons. The summed E-state index contributed by atoms with van der Waals surface area (Å²) in [7, 11) is 3.51. The number of allylic oxidation sites excluding steroid dienone is 4. The predicted octanol–water partition coefficient (Wildman–Crippen LogP) is 4.73. The molecule has 46 heavy (non-hydrogen) atoms. The number of benzene rings is 1. The van der Waals surface area contributed by atoms with Crippen LogP contribution in [0.4, 0.5) is 9.18 Å². The zero-order valence-corrected chi connectivity index (χ0v) is 25.6. The Morgan fingerprint density at radius 2 is 1.98 bits per heavy atom. The van der Waals surface area contributed by atoms with Gasteiger partial charge in [-0.25, -0.2) is 24.1 Å². The maximum Gasteiger partial charge on any atom is 0.366 e. The smallest absolute Gasteiger partial charge is 0.366 e. The van der Waals surface area contributed by atoms with E-state index in [-0.39, 0.29) is 24.8 Å². The zero-order chi connectivity index (χ0) is 31.7. The average molecular weight is 621 g/mol. The van der Waals surface area contributed by atoms with E-state index in [9.17, 15) is 14.0 Å². The molecule has 1 saturated carbocycles. The van der Waals surface area contributed by atoms with E-state index in [1.165, 1.54) is 4.90 Å². The van der Waals surface area contributed by atoms with Crippen molar-refractivity contribution in [2.75, 3.05) is 20.2 Å². The summed E-state index contributed by atoms with van der Waals surface area (Å²) < 4.78 is 24.3. The van der Waals surface area contributed by atoms with Gasteiger partial charge in [0.2, 0.25) is 0 Å². The molecule has 0 bridgehead atoms. The van der Waals surface area contributed by atoms with Gasteiger partial charge in [0.25, 0.3) is 5.91 Å². The number of urea groups is 1. The number of rotatable bonds is 6. The van der Waals surface area contributed by atoms with Crippen LogP contribution in [0.25, 0.3) is 39.2 Å². The molecule has 11 nitrogen and oxygen atoms in total. The molecule has 2 aliphatic heterocycles. The number of methoxy groups -OCH3 is 1. The minimum Gasteiger partial charge on any atom is -0.494 e. The van der Waals surface area contributed by atoms with E-state index in [1.807, 2.05) is 35.9 Å². The highest BCUT2D eigenvalue weighted by molar-refractivity contribution is 6.18. The lowest BCUT2D eigenvalue weighted by atomic mass is 9.93. The number of alkyl halides is 1. The highest BCUT2D eigenvalue weighted by Crippen LogP contribution is 2.38. The van der Waals surface area contributed by atoms with E-state index in [0.29, 0.717) is 35.0 Å². The second-order valence-corrected chi connectivity index (χ2v) is 12.6. The molecule has 5 heterocycles. The van der Waals surface area contributed by atoms with Crippen LogP contribution in [0, 0.1) is 11.8 Å². The van der Waals surface area contributed by atoms with E-state index in [1.54, 1.807) is 25.5 Å². The van der Waals surface area contributed by atoms with Crippen molar-refractivity contribution in [1.29, 1.82) is 0 Å². The summed E-state index contributed by atoms with van der Waals surface area (Å²) in [6.07, 6.45) is 8.87. The van der Waals surface area contributed by atoms with Crippen LogP contribution in [-0.2, 0) is 13.6 Å². The number of fused-ring (bicyclic) bond motifs is 3. The normalized spacial score (nSPS) is 22.7. The number of piperidine rings is 1. The monoisotopic (exact) mass is 620 g/mol. The summed E-state index contributed by atoms with van der Waals surface area (Å²) in [6, 6.07) is 8.76. The van der Waals surface area contributed by atoms with Gasteiger partial charge in [0.1, 0.15) is 23.1 Å². The van der Waals surface area contributed by atoms with Crippen LogP contribution in [-0.4, -0.2) is 80.3 Å². The highest BCUT2D eigenvalue weighted by atomic mass is 19.1. The van der Waals surface area contributed by atoms with Gasteiger partial charge < -0.3 is 24.5 Å². The van der Waals surface area contributed by atoms with Crippen molar-refractivity contribution >= 4 is 51.5 Å². The first-order valence-corrected chi connectivity index (χ1v) is 15.6. The number of hydrogen-bond acceptors (Lipinski definition) is 6. The number of carbonyl (C=O) groups excluding carboxylic acids is 2. The standard InChI is InChI=1S/C34H33FN8O3/c1-41-30-27(10-21(12-29(30)46-2)33(44)42-16-23(35)13-24(36)17-42)39-32(41)28-11-20-6-8-25(38-31(20)43(28)15-18-3-4-18)19-5-7-26-22(9-19)14-37-34(45)40-26/h5-12,14,18,22-24H,3-4,13,15-17,36H2,1-2H3/t22?,23-,24-/m1/s1.